The van der Waals surface area contributed by atoms with E-state index in [9.17, 15) is 4.39 Å². The molecule has 0 radical (unpaired) electrons. The topological polar surface area (TPSA) is 57.8 Å². The van der Waals surface area contributed by atoms with Crippen molar-refractivity contribution in [2.75, 3.05) is 6.61 Å². The zero-order valence-electron chi connectivity index (χ0n) is 16.9. The number of hydrogen-bond acceptors (Lipinski definition) is 5. The van der Waals surface area contributed by atoms with E-state index in [4.69, 9.17) is 4.74 Å². The normalized spacial score (nSPS) is 16.1. The molecule has 1 atom stereocenters. The fourth-order valence-electron chi connectivity index (χ4n) is 3.68. The Bertz CT molecular complexity index is 1120. The standard InChI is InChI=1S/C23H22FN5OS/c24-19-8-6-18(7-9-19)22-26-27-23(28(22)15-21-3-1-14-30-21)31-16-17-4-10-20(11-5-17)29-13-2-12-25-29/h2,4-13,21H,1,3,14-16H2/t21-/m1/s1. The van der Waals surface area contributed by atoms with Gasteiger partial charge in [-0.15, -0.1) is 10.2 Å². The zero-order valence-corrected chi connectivity index (χ0v) is 17.7. The van der Waals surface area contributed by atoms with Gasteiger partial charge >= 0.3 is 0 Å². The summed E-state index contributed by atoms with van der Waals surface area (Å²) < 4.78 is 23.2. The third-order valence-electron chi connectivity index (χ3n) is 5.30. The van der Waals surface area contributed by atoms with Crippen molar-refractivity contribution in [3.05, 3.63) is 78.4 Å². The van der Waals surface area contributed by atoms with Crippen LogP contribution >= 0.6 is 11.8 Å². The van der Waals surface area contributed by atoms with Gasteiger partial charge in [-0.2, -0.15) is 5.10 Å². The Morgan fingerprint density at radius 2 is 1.90 bits per heavy atom. The largest absolute Gasteiger partial charge is 0.376 e. The molecule has 0 aliphatic carbocycles. The molecule has 0 N–H and O–H groups in total. The summed E-state index contributed by atoms with van der Waals surface area (Å²) in [6.07, 6.45) is 5.95. The molecular weight excluding hydrogens is 413 g/mol. The lowest BCUT2D eigenvalue weighted by Gasteiger charge is -2.15. The third-order valence-corrected chi connectivity index (χ3v) is 6.34. The first-order valence-corrected chi connectivity index (χ1v) is 11.3. The maximum atomic E-state index is 13.4. The van der Waals surface area contributed by atoms with Crippen LogP contribution in [0.15, 0.2) is 72.1 Å². The summed E-state index contributed by atoms with van der Waals surface area (Å²) in [6, 6.07) is 16.6. The first kappa shape index (κ1) is 20.0. The summed E-state index contributed by atoms with van der Waals surface area (Å²) in [7, 11) is 0. The van der Waals surface area contributed by atoms with E-state index >= 15 is 0 Å². The van der Waals surface area contributed by atoms with Crippen LogP contribution in [0.5, 0.6) is 0 Å². The predicted octanol–water partition coefficient (Wildman–Crippen LogP) is 4.74. The minimum Gasteiger partial charge on any atom is -0.376 e. The number of thioether (sulfide) groups is 1. The molecule has 0 saturated carbocycles. The Balaban J connectivity index is 1.36. The first-order valence-electron chi connectivity index (χ1n) is 10.3. The van der Waals surface area contributed by atoms with Crippen LogP contribution in [0.4, 0.5) is 4.39 Å². The van der Waals surface area contributed by atoms with Gasteiger partial charge in [0.05, 0.1) is 18.3 Å². The Hall–Kier alpha value is -2.97. The molecule has 8 heteroatoms. The van der Waals surface area contributed by atoms with Gasteiger partial charge in [-0.1, -0.05) is 23.9 Å². The molecule has 31 heavy (non-hydrogen) atoms. The smallest absolute Gasteiger partial charge is 0.191 e. The van der Waals surface area contributed by atoms with E-state index in [-0.39, 0.29) is 11.9 Å². The molecule has 1 aliphatic heterocycles. The SMILES string of the molecule is Fc1ccc(-c2nnc(SCc3ccc(-n4cccn4)cc3)n2C[C@H]2CCCO2)cc1. The van der Waals surface area contributed by atoms with Crippen LogP contribution in [0.3, 0.4) is 0 Å². The minimum absolute atomic E-state index is 0.155. The maximum absolute atomic E-state index is 13.4. The molecule has 1 fully saturated rings. The predicted molar refractivity (Wildman–Crippen MR) is 118 cm³/mol. The summed E-state index contributed by atoms with van der Waals surface area (Å²) >= 11 is 1.64. The number of aromatic nitrogens is 5. The Kier molecular flexibility index (Phi) is 5.82. The molecule has 5 rings (SSSR count). The van der Waals surface area contributed by atoms with E-state index in [1.807, 2.05) is 16.9 Å². The van der Waals surface area contributed by atoms with Gasteiger partial charge < -0.3 is 4.74 Å². The van der Waals surface area contributed by atoms with Crippen molar-refractivity contribution < 1.29 is 9.13 Å². The fraction of sp³-hybridized carbons (Fsp3) is 0.261. The van der Waals surface area contributed by atoms with Gasteiger partial charge in [0.25, 0.3) is 0 Å². The molecule has 1 aliphatic rings. The monoisotopic (exact) mass is 435 g/mol. The second kappa shape index (κ2) is 9.03. The van der Waals surface area contributed by atoms with Crippen LogP contribution in [0.25, 0.3) is 17.1 Å². The highest BCUT2D eigenvalue weighted by Gasteiger charge is 2.22. The Labute approximate surface area is 184 Å². The number of rotatable bonds is 7. The number of ether oxygens (including phenoxy) is 1. The van der Waals surface area contributed by atoms with E-state index in [0.29, 0.717) is 6.54 Å². The van der Waals surface area contributed by atoms with E-state index in [1.54, 1.807) is 30.1 Å². The second-order valence-electron chi connectivity index (χ2n) is 7.46. The Morgan fingerprint density at radius 3 is 2.61 bits per heavy atom. The van der Waals surface area contributed by atoms with Crippen LogP contribution in [0, 0.1) is 5.82 Å². The van der Waals surface area contributed by atoms with Crippen molar-refractivity contribution in [3.8, 4) is 17.1 Å². The summed E-state index contributed by atoms with van der Waals surface area (Å²) in [5, 5.41) is 14.0. The third kappa shape index (κ3) is 4.55. The average Bonchev–Trinajstić information content (AvgIpc) is 3.57. The summed E-state index contributed by atoms with van der Waals surface area (Å²) in [4.78, 5) is 0. The molecule has 6 nitrogen and oxygen atoms in total. The molecule has 0 bridgehead atoms. The molecule has 1 saturated heterocycles. The molecule has 158 valence electrons. The van der Waals surface area contributed by atoms with Crippen molar-refractivity contribution in [3.63, 3.8) is 0 Å². The first-order chi connectivity index (χ1) is 15.3. The number of benzene rings is 2. The summed E-state index contributed by atoms with van der Waals surface area (Å²) in [6.45, 7) is 1.49. The van der Waals surface area contributed by atoms with Crippen molar-refractivity contribution in [1.29, 1.82) is 0 Å². The zero-order chi connectivity index (χ0) is 21.0. The molecule has 0 amide bonds. The van der Waals surface area contributed by atoms with Gasteiger partial charge in [0.15, 0.2) is 11.0 Å². The van der Waals surface area contributed by atoms with Gasteiger partial charge in [-0.25, -0.2) is 9.07 Å². The van der Waals surface area contributed by atoms with Crippen LogP contribution in [0.2, 0.25) is 0 Å². The van der Waals surface area contributed by atoms with Gasteiger partial charge in [0.1, 0.15) is 5.82 Å². The fourth-order valence-corrected chi connectivity index (χ4v) is 4.58. The van der Waals surface area contributed by atoms with Crippen molar-refractivity contribution in [2.24, 2.45) is 0 Å². The van der Waals surface area contributed by atoms with Crippen LogP contribution < -0.4 is 0 Å². The van der Waals surface area contributed by atoms with Crippen molar-refractivity contribution in [2.45, 2.75) is 36.4 Å². The minimum atomic E-state index is -0.262. The van der Waals surface area contributed by atoms with Crippen LogP contribution in [-0.2, 0) is 17.0 Å². The number of nitrogens with zero attached hydrogens (tertiary/aromatic N) is 5. The molecule has 0 unspecified atom stereocenters. The van der Waals surface area contributed by atoms with Crippen LogP contribution in [0.1, 0.15) is 18.4 Å². The van der Waals surface area contributed by atoms with E-state index in [0.717, 1.165) is 47.4 Å². The maximum Gasteiger partial charge on any atom is 0.191 e. The molecule has 4 aromatic rings. The summed E-state index contributed by atoms with van der Waals surface area (Å²) in [5.41, 5.74) is 3.07. The molecule has 0 spiro atoms. The van der Waals surface area contributed by atoms with Crippen LogP contribution in [-0.4, -0.2) is 37.3 Å². The number of hydrogen-bond donors (Lipinski definition) is 0. The van der Waals surface area contributed by atoms with E-state index in [2.05, 4.69) is 44.1 Å². The highest BCUT2D eigenvalue weighted by molar-refractivity contribution is 7.98. The highest BCUT2D eigenvalue weighted by Crippen LogP contribution is 2.28. The van der Waals surface area contributed by atoms with Crippen molar-refractivity contribution in [1.82, 2.24) is 24.5 Å². The Morgan fingerprint density at radius 1 is 1.06 bits per heavy atom. The van der Waals surface area contributed by atoms with E-state index < -0.39 is 0 Å². The van der Waals surface area contributed by atoms with Crippen molar-refractivity contribution >= 4 is 11.8 Å². The van der Waals surface area contributed by atoms with Gasteiger partial charge in [0.2, 0.25) is 0 Å². The lowest BCUT2D eigenvalue weighted by Crippen LogP contribution is -2.16. The molecule has 3 heterocycles. The van der Waals surface area contributed by atoms with Gasteiger partial charge in [-0.3, -0.25) is 4.57 Å². The highest BCUT2D eigenvalue weighted by atomic mass is 32.2. The lowest BCUT2D eigenvalue weighted by atomic mass is 10.2. The van der Waals surface area contributed by atoms with Gasteiger partial charge in [0, 0.05) is 30.3 Å². The molecule has 2 aromatic carbocycles. The molecular formula is C23H22FN5OS. The van der Waals surface area contributed by atoms with E-state index in [1.165, 1.54) is 17.7 Å². The van der Waals surface area contributed by atoms with Gasteiger partial charge in [-0.05, 0) is 60.9 Å². The molecule has 2 aromatic heterocycles. The quantitative estimate of drug-likeness (QED) is 0.393. The average molecular weight is 436 g/mol. The number of halogens is 1. The second-order valence-corrected chi connectivity index (χ2v) is 8.41. The lowest BCUT2D eigenvalue weighted by molar-refractivity contribution is 0.0953. The summed E-state index contributed by atoms with van der Waals surface area (Å²) in [5.74, 6) is 1.25.